The molecular formula is C22H28N6. The highest BCUT2D eigenvalue weighted by Gasteiger charge is 2.23. The van der Waals surface area contributed by atoms with E-state index in [1.165, 1.54) is 25.7 Å². The van der Waals surface area contributed by atoms with Crippen LogP contribution in [0.15, 0.2) is 30.3 Å². The van der Waals surface area contributed by atoms with Gasteiger partial charge in [0.1, 0.15) is 11.3 Å². The normalized spacial score (nSPS) is 17.8. The summed E-state index contributed by atoms with van der Waals surface area (Å²) in [6, 6.07) is 10.5. The molecule has 2 aliphatic rings. The average Bonchev–Trinajstić information content (AvgIpc) is 3.06. The fourth-order valence-electron chi connectivity index (χ4n) is 4.28. The Morgan fingerprint density at radius 2 is 1.82 bits per heavy atom. The molecule has 2 fully saturated rings. The van der Waals surface area contributed by atoms with Crippen LogP contribution in [0.3, 0.4) is 0 Å². The molecule has 0 radical (unpaired) electrons. The van der Waals surface area contributed by atoms with Crippen LogP contribution in [-0.4, -0.2) is 45.7 Å². The molecule has 0 atom stereocenters. The molecule has 2 aromatic heterocycles. The molecule has 4 heterocycles. The van der Waals surface area contributed by atoms with Gasteiger partial charge in [0.2, 0.25) is 5.95 Å². The molecule has 5 rings (SSSR count). The molecule has 1 aromatic carbocycles. The van der Waals surface area contributed by atoms with Gasteiger partial charge >= 0.3 is 0 Å². The van der Waals surface area contributed by atoms with Crippen molar-refractivity contribution in [3.63, 3.8) is 0 Å². The van der Waals surface area contributed by atoms with E-state index in [1.807, 2.05) is 0 Å². The predicted octanol–water partition coefficient (Wildman–Crippen LogP) is 3.40. The number of hydrogen-bond donors (Lipinski definition) is 1. The number of nitrogens with one attached hydrogen (secondary N) is 1. The van der Waals surface area contributed by atoms with Gasteiger partial charge in [0, 0.05) is 25.2 Å². The molecule has 28 heavy (non-hydrogen) atoms. The Balaban J connectivity index is 1.57. The smallest absolute Gasteiger partial charge is 0.227 e. The fourth-order valence-corrected chi connectivity index (χ4v) is 4.28. The number of imidazole rings is 1. The summed E-state index contributed by atoms with van der Waals surface area (Å²) >= 11 is 0. The summed E-state index contributed by atoms with van der Waals surface area (Å²) in [5.41, 5.74) is 4.05. The summed E-state index contributed by atoms with van der Waals surface area (Å²) in [5.74, 6) is 2.65. The van der Waals surface area contributed by atoms with Gasteiger partial charge in [-0.25, -0.2) is 9.97 Å². The summed E-state index contributed by atoms with van der Waals surface area (Å²) in [5, 5.41) is 3.47. The monoisotopic (exact) mass is 376 g/mol. The highest BCUT2D eigenvalue weighted by molar-refractivity contribution is 5.80. The quantitative estimate of drug-likeness (QED) is 0.740. The Bertz CT molecular complexity index is 954. The van der Waals surface area contributed by atoms with Crippen LogP contribution in [0.4, 0.5) is 5.95 Å². The van der Waals surface area contributed by atoms with Crippen LogP contribution in [-0.2, 0) is 6.54 Å². The maximum Gasteiger partial charge on any atom is 0.227 e. The number of fused-ring (bicyclic) bond motifs is 1. The lowest BCUT2D eigenvalue weighted by Gasteiger charge is -2.30. The van der Waals surface area contributed by atoms with Crippen LogP contribution >= 0.6 is 0 Å². The zero-order valence-corrected chi connectivity index (χ0v) is 16.6. The summed E-state index contributed by atoms with van der Waals surface area (Å²) in [4.78, 5) is 17.0. The van der Waals surface area contributed by atoms with E-state index in [4.69, 9.17) is 15.0 Å². The van der Waals surface area contributed by atoms with Gasteiger partial charge in [0.25, 0.3) is 0 Å². The number of anilines is 1. The summed E-state index contributed by atoms with van der Waals surface area (Å²) < 4.78 is 2.34. The first-order chi connectivity index (χ1) is 13.8. The van der Waals surface area contributed by atoms with Gasteiger partial charge in [0.05, 0.1) is 5.69 Å². The fraction of sp³-hybridized carbons (Fsp3) is 0.500. The van der Waals surface area contributed by atoms with Crippen molar-refractivity contribution >= 4 is 17.1 Å². The van der Waals surface area contributed by atoms with Gasteiger partial charge in [-0.2, -0.15) is 4.98 Å². The van der Waals surface area contributed by atoms with Gasteiger partial charge in [0.15, 0.2) is 5.65 Å². The van der Waals surface area contributed by atoms with Crippen molar-refractivity contribution in [2.24, 2.45) is 5.92 Å². The average molecular weight is 377 g/mol. The molecule has 0 aliphatic carbocycles. The van der Waals surface area contributed by atoms with Gasteiger partial charge in [-0.05, 0) is 51.6 Å². The molecule has 146 valence electrons. The van der Waals surface area contributed by atoms with Crippen molar-refractivity contribution in [1.29, 1.82) is 0 Å². The van der Waals surface area contributed by atoms with Crippen molar-refractivity contribution in [2.75, 3.05) is 31.1 Å². The Hall–Kier alpha value is -2.47. The molecule has 0 unspecified atom stereocenters. The Morgan fingerprint density at radius 3 is 2.54 bits per heavy atom. The van der Waals surface area contributed by atoms with Crippen LogP contribution < -0.4 is 10.2 Å². The lowest BCUT2D eigenvalue weighted by Crippen LogP contribution is -2.38. The third-order valence-corrected chi connectivity index (χ3v) is 6.15. The summed E-state index contributed by atoms with van der Waals surface area (Å²) in [7, 11) is 0. The predicted molar refractivity (Wildman–Crippen MR) is 113 cm³/mol. The first kappa shape index (κ1) is 17.6. The molecule has 6 nitrogen and oxygen atoms in total. The van der Waals surface area contributed by atoms with E-state index in [0.717, 1.165) is 72.8 Å². The van der Waals surface area contributed by atoms with Crippen molar-refractivity contribution in [1.82, 2.24) is 24.8 Å². The van der Waals surface area contributed by atoms with Crippen LogP contribution in [0.5, 0.6) is 0 Å². The second kappa shape index (κ2) is 7.51. The van der Waals surface area contributed by atoms with E-state index in [1.54, 1.807) is 0 Å². The van der Waals surface area contributed by atoms with Crippen LogP contribution in [0, 0.1) is 12.8 Å². The molecule has 0 amide bonds. The third-order valence-electron chi connectivity index (χ3n) is 6.15. The Labute approximate surface area is 166 Å². The van der Waals surface area contributed by atoms with Crippen molar-refractivity contribution in [3.05, 3.63) is 36.0 Å². The van der Waals surface area contributed by atoms with E-state index in [2.05, 4.69) is 52.0 Å². The number of hydrogen-bond acceptors (Lipinski definition) is 5. The van der Waals surface area contributed by atoms with Crippen LogP contribution in [0.25, 0.3) is 22.6 Å². The lowest BCUT2D eigenvalue weighted by atomic mass is 9.95. The Kier molecular flexibility index (Phi) is 4.72. The summed E-state index contributed by atoms with van der Waals surface area (Å²) in [6.07, 6.45) is 4.93. The first-order valence-electron chi connectivity index (χ1n) is 10.6. The third kappa shape index (κ3) is 3.26. The second-order valence-electron chi connectivity index (χ2n) is 8.06. The molecule has 2 aliphatic heterocycles. The topological polar surface area (TPSA) is 58.9 Å². The minimum absolute atomic E-state index is 0.778. The van der Waals surface area contributed by atoms with E-state index in [0.29, 0.717) is 0 Å². The van der Waals surface area contributed by atoms with Crippen molar-refractivity contribution in [3.8, 4) is 11.4 Å². The maximum absolute atomic E-state index is 5.00. The standard InChI is InChI=1S/C22H28N6/c1-16-19-21(26-22(24-16)27-13-5-14-27)28(15-10-17-8-11-23-12-9-17)20(25-19)18-6-3-2-4-7-18/h2-4,6-7,17,23H,5,8-15H2,1H3. The minimum Gasteiger partial charge on any atom is -0.341 e. The highest BCUT2D eigenvalue weighted by Crippen LogP contribution is 2.29. The van der Waals surface area contributed by atoms with Crippen LogP contribution in [0.2, 0.25) is 0 Å². The molecule has 0 bridgehead atoms. The van der Waals surface area contributed by atoms with Crippen LogP contribution in [0.1, 0.15) is 31.4 Å². The maximum atomic E-state index is 5.00. The first-order valence-corrected chi connectivity index (χ1v) is 10.6. The number of aromatic nitrogens is 4. The van der Waals surface area contributed by atoms with E-state index < -0.39 is 0 Å². The van der Waals surface area contributed by atoms with E-state index in [-0.39, 0.29) is 0 Å². The molecular weight excluding hydrogens is 348 g/mol. The zero-order valence-electron chi connectivity index (χ0n) is 16.6. The summed E-state index contributed by atoms with van der Waals surface area (Å²) in [6.45, 7) is 7.41. The van der Waals surface area contributed by atoms with Crippen molar-refractivity contribution < 1.29 is 0 Å². The molecule has 3 aromatic rings. The van der Waals surface area contributed by atoms with Gasteiger partial charge < -0.3 is 14.8 Å². The molecule has 6 heteroatoms. The zero-order chi connectivity index (χ0) is 18.9. The highest BCUT2D eigenvalue weighted by atomic mass is 15.3. The number of aryl methyl sites for hydroxylation is 2. The molecule has 2 saturated heterocycles. The van der Waals surface area contributed by atoms with Crippen molar-refractivity contribution in [2.45, 2.75) is 39.2 Å². The van der Waals surface area contributed by atoms with E-state index >= 15 is 0 Å². The number of piperidine rings is 1. The van der Waals surface area contributed by atoms with Gasteiger partial charge in [-0.15, -0.1) is 0 Å². The number of rotatable bonds is 5. The lowest BCUT2D eigenvalue weighted by molar-refractivity contribution is 0.339. The second-order valence-corrected chi connectivity index (χ2v) is 8.06. The number of nitrogens with zero attached hydrogens (tertiary/aromatic N) is 5. The molecule has 1 N–H and O–H groups in total. The SMILES string of the molecule is Cc1nc(N2CCC2)nc2c1nc(-c1ccccc1)n2CCC1CCNCC1. The van der Waals surface area contributed by atoms with Gasteiger partial charge in [-0.1, -0.05) is 30.3 Å². The number of benzene rings is 1. The van der Waals surface area contributed by atoms with Gasteiger partial charge in [-0.3, -0.25) is 0 Å². The largest absolute Gasteiger partial charge is 0.341 e. The molecule has 0 saturated carbocycles. The molecule has 0 spiro atoms. The van der Waals surface area contributed by atoms with E-state index in [9.17, 15) is 0 Å². The Morgan fingerprint density at radius 1 is 1.04 bits per heavy atom. The minimum atomic E-state index is 0.778.